The number of ether oxygens (including phenoxy) is 1. The monoisotopic (exact) mass is 439 g/mol. The quantitative estimate of drug-likeness (QED) is 0.584. The molecule has 3 rings (SSSR count). The summed E-state index contributed by atoms with van der Waals surface area (Å²) in [6.07, 6.45) is -0.509. The summed E-state index contributed by atoms with van der Waals surface area (Å²) in [5.41, 5.74) is 3.41. The molecule has 0 aromatic heterocycles. The van der Waals surface area contributed by atoms with Gasteiger partial charge in [0.2, 0.25) is 11.8 Å². The van der Waals surface area contributed by atoms with E-state index in [0.29, 0.717) is 11.4 Å². The number of nitrogens with one attached hydrogen (secondary N) is 2. The van der Waals surface area contributed by atoms with E-state index in [1.54, 1.807) is 36.1 Å². The molecule has 0 spiro atoms. The summed E-state index contributed by atoms with van der Waals surface area (Å²) >= 11 is 0. The van der Waals surface area contributed by atoms with Gasteiger partial charge < -0.3 is 25.4 Å². The number of nitrogens with zero attached hydrogens (tertiary/aromatic N) is 1. The van der Waals surface area contributed by atoms with Gasteiger partial charge in [-0.05, 0) is 56.2 Å². The summed E-state index contributed by atoms with van der Waals surface area (Å²) < 4.78 is 5.57. The van der Waals surface area contributed by atoms with Gasteiger partial charge in [-0.2, -0.15) is 0 Å². The van der Waals surface area contributed by atoms with Crippen LogP contribution in [0.2, 0.25) is 0 Å². The van der Waals surface area contributed by atoms with Gasteiger partial charge in [0, 0.05) is 30.9 Å². The van der Waals surface area contributed by atoms with Crippen molar-refractivity contribution >= 4 is 29.1 Å². The van der Waals surface area contributed by atoms with E-state index >= 15 is 0 Å². The number of aliphatic hydroxyl groups excluding tert-OH is 1. The van der Waals surface area contributed by atoms with Gasteiger partial charge in [-0.1, -0.05) is 18.2 Å². The lowest BCUT2D eigenvalue weighted by Crippen LogP contribution is -2.36. The van der Waals surface area contributed by atoms with E-state index in [4.69, 9.17) is 4.74 Å². The van der Waals surface area contributed by atoms with E-state index in [9.17, 15) is 19.5 Å². The number of anilines is 2. The van der Waals surface area contributed by atoms with E-state index in [1.807, 2.05) is 32.0 Å². The number of hydrogen-bond donors (Lipinski definition) is 3. The van der Waals surface area contributed by atoms with Crippen molar-refractivity contribution in [2.45, 2.75) is 33.3 Å². The molecule has 8 heteroatoms. The van der Waals surface area contributed by atoms with Crippen molar-refractivity contribution in [1.82, 2.24) is 5.32 Å². The molecule has 8 nitrogen and oxygen atoms in total. The van der Waals surface area contributed by atoms with Crippen LogP contribution in [0.5, 0.6) is 5.75 Å². The van der Waals surface area contributed by atoms with Crippen molar-refractivity contribution in [3.8, 4) is 5.75 Å². The highest BCUT2D eigenvalue weighted by atomic mass is 16.5. The molecule has 1 fully saturated rings. The predicted octanol–water partition coefficient (Wildman–Crippen LogP) is 2.17. The molecule has 1 saturated heterocycles. The van der Waals surface area contributed by atoms with Crippen molar-refractivity contribution in [3.05, 3.63) is 53.6 Å². The lowest BCUT2D eigenvalue weighted by atomic mass is 10.1. The molecular weight excluding hydrogens is 410 g/mol. The Labute approximate surface area is 187 Å². The van der Waals surface area contributed by atoms with Crippen molar-refractivity contribution in [2.75, 3.05) is 29.9 Å². The largest absolute Gasteiger partial charge is 0.484 e. The van der Waals surface area contributed by atoms with E-state index in [1.165, 1.54) is 0 Å². The van der Waals surface area contributed by atoms with Gasteiger partial charge in [0.05, 0.1) is 12.0 Å². The Bertz CT molecular complexity index is 967. The zero-order valence-electron chi connectivity index (χ0n) is 18.6. The molecule has 3 amide bonds. The maximum Gasteiger partial charge on any atom is 0.262 e. The molecule has 2 aromatic carbocycles. The number of amides is 3. The first kappa shape index (κ1) is 23.3. The molecule has 1 heterocycles. The van der Waals surface area contributed by atoms with E-state index in [-0.39, 0.29) is 43.8 Å². The molecule has 2 aromatic rings. The van der Waals surface area contributed by atoms with Gasteiger partial charge in [0.25, 0.3) is 5.91 Å². The SMILES string of the molecule is Cc1cccc(C)c1NC(=O)COc1ccc(N2C[C@H](C(=O)NC[C@H](C)O)CC2=O)cc1. The first-order valence-electron chi connectivity index (χ1n) is 10.6. The van der Waals surface area contributed by atoms with Crippen molar-refractivity contribution < 1.29 is 24.2 Å². The highest BCUT2D eigenvalue weighted by molar-refractivity contribution is 6.00. The van der Waals surface area contributed by atoms with Crippen LogP contribution in [-0.2, 0) is 14.4 Å². The lowest BCUT2D eigenvalue weighted by Gasteiger charge is -2.17. The number of para-hydroxylation sites is 1. The number of benzene rings is 2. The average molecular weight is 440 g/mol. The summed E-state index contributed by atoms with van der Waals surface area (Å²) in [7, 11) is 0. The molecule has 1 aliphatic rings. The van der Waals surface area contributed by atoms with E-state index < -0.39 is 12.0 Å². The Kier molecular flexibility index (Phi) is 7.48. The highest BCUT2D eigenvalue weighted by Gasteiger charge is 2.35. The lowest BCUT2D eigenvalue weighted by molar-refractivity contribution is -0.126. The minimum atomic E-state index is -0.637. The molecular formula is C24H29N3O5. The zero-order valence-corrected chi connectivity index (χ0v) is 18.6. The fourth-order valence-electron chi connectivity index (χ4n) is 3.58. The summed E-state index contributed by atoms with van der Waals surface area (Å²) in [4.78, 5) is 38.4. The fourth-order valence-corrected chi connectivity index (χ4v) is 3.58. The van der Waals surface area contributed by atoms with Crippen molar-refractivity contribution in [2.24, 2.45) is 5.92 Å². The van der Waals surface area contributed by atoms with Crippen LogP contribution in [-0.4, -0.2) is 48.6 Å². The second-order valence-corrected chi connectivity index (χ2v) is 8.10. The minimum absolute atomic E-state index is 0.127. The molecule has 170 valence electrons. The molecule has 3 N–H and O–H groups in total. The number of aryl methyl sites for hydroxylation is 2. The number of carbonyl (C=O) groups excluding carboxylic acids is 3. The van der Waals surface area contributed by atoms with Gasteiger partial charge in [0.1, 0.15) is 5.75 Å². The van der Waals surface area contributed by atoms with Crippen LogP contribution in [0.15, 0.2) is 42.5 Å². The standard InChI is InChI=1S/C24H29N3O5/c1-15-5-4-6-16(2)23(15)26-21(29)14-32-20-9-7-19(8-10-20)27-13-18(11-22(27)30)24(31)25-12-17(3)28/h4-10,17-18,28H,11-14H2,1-3H3,(H,25,31)(H,26,29)/t17-,18+/m0/s1. The minimum Gasteiger partial charge on any atom is -0.484 e. The topological polar surface area (TPSA) is 108 Å². The number of rotatable bonds is 8. The Hall–Kier alpha value is -3.39. The first-order chi connectivity index (χ1) is 15.2. The summed E-state index contributed by atoms with van der Waals surface area (Å²) in [6, 6.07) is 12.6. The zero-order chi connectivity index (χ0) is 23.3. The van der Waals surface area contributed by atoms with Gasteiger partial charge in [-0.25, -0.2) is 0 Å². The smallest absolute Gasteiger partial charge is 0.262 e. The summed E-state index contributed by atoms with van der Waals surface area (Å²) in [5, 5.41) is 14.8. The fraction of sp³-hybridized carbons (Fsp3) is 0.375. The normalized spacial score (nSPS) is 16.6. The van der Waals surface area contributed by atoms with E-state index in [2.05, 4.69) is 10.6 Å². The van der Waals surface area contributed by atoms with Gasteiger partial charge in [0.15, 0.2) is 6.61 Å². The van der Waals surface area contributed by atoms with Crippen LogP contribution < -0.4 is 20.3 Å². The third-order valence-corrected chi connectivity index (χ3v) is 5.33. The van der Waals surface area contributed by atoms with Crippen LogP contribution in [0.4, 0.5) is 11.4 Å². The van der Waals surface area contributed by atoms with Crippen LogP contribution in [0.3, 0.4) is 0 Å². The summed E-state index contributed by atoms with van der Waals surface area (Å²) in [6.45, 7) is 5.76. The highest BCUT2D eigenvalue weighted by Crippen LogP contribution is 2.27. The third-order valence-electron chi connectivity index (χ3n) is 5.33. The summed E-state index contributed by atoms with van der Waals surface area (Å²) in [5.74, 6) is -0.582. The molecule has 2 atom stereocenters. The third kappa shape index (κ3) is 5.85. The Morgan fingerprint density at radius 3 is 2.44 bits per heavy atom. The molecule has 0 bridgehead atoms. The second kappa shape index (κ2) is 10.3. The van der Waals surface area contributed by atoms with Gasteiger partial charge in [-0.15, -0.1) is 0 Å². The predicted molar refractivity (Wildman–Crippen MR) is 122 cm³/mol. The number of aliphatic hydroxyl groups is 1. The molecule has 32 heavy (non-hydrogen) atoms. The maximum absolute atomic E-state index is 12.4. The first-order valence-corrected chi connectivity index (χ1v) is 10.6. The number of hydrogen-bond acceptors (Lipinski definition) is 5. The van der Waals surface area contributed by atoms with Gasteiger partial charge in [-0.3, -0.25) is 14.4 Å². The van der Waals surface area contributed by atoms with Gasteiger partial charge >= 0.3 is 0 Å². The van der Waals surface area contributed by atoms with Crippen LogP contribution >= 0.6 is 0 Å². The van der Waals surface area contributed by atoms with E-state index in [0.717, 1.165) is 16.8 Å². The average Bonchev–Trinajstić information content (AvgIpc) is 3.15. The van der Waals surface area contributed by atoms with Crippen LogP contribution in [0, 0.1) is 19.8 Å². The van der Waals surface area contributed by atoms with Crippen LogP contribution in [0.25, 0.3) is 0 Å². The van der Waals surface area contributed by atoms with Crippen molar-refractivity contribution in [3.63, 3.8) is 0 Å². The second-order valence-electron chi connectivity index (χ2n) is 8.10. The Balaban J connectivity index is 1.53. The molecule has 0 saturated carbocycles. The molecule has 0 aliphatic carbocycles. The Morgan fingerprint density at radius 2 is 1.81 bits per heavy atom. The maximum atomic E-state index is 12.4. The Morgan fingerprint density at radius 1 is 1.16 bits per heavy atom. The molecule has 0 unspecified atom stereocenters. The molecule has 1 aliphatic heterocycles. The number of carbonyl (C=O) groups is 3. The van der Waals surface area contributed by atoms with Crippen molar-refractivity contribution in [1.29, 1.82) is 0 Å². The van der Waals surface area contributed by atoms with Crippen LogP contribution in [0.1, 0.15) is 24.5 Å². The molecule has 0 radical (unpaired) electrons.